The summed E-state index contributed by atoms with van der Waals surface area (Å²) in [4.78, 5) is 10.9. The molecule has 0 saturated carbocycles. The molecule has 0 heterocycles. The Kier molecular flexibility index (Phi) is 6.83. The number of carbonyl (C=O) groups is 1. The molecule has 0 saturated heterocycles. The normalized spacial score (nSPS) is 14.0. The summed E-state index contributed by atoms with van der Waals surface area (Å²) in [5, 5.41) is 8.85. The highest BCUT2D eigenvalue weighted by atomic mass is 79.9. The van der Waals surface area contributed by atoms with Crippen molar-refractivity contribution >= 4 is 43.7 Å². The zero-order valence-corrected chi connectivity index (χ0v) is 17.0. The summed E-state index contributed by atoms with van der Waals surface area (Å²) in [5.74, 6) is -5.93. The molecule has 156 valence electrons. The van der Waals surface area contributed by atoms with Gasteiger partial charge in [0.05, 0.1) is 11.1 Å². The molecule has 0 spiro atoms. The molecule has 2 aromatic carbocycles. The average molecular weight is 550 g/mol. The van der Waals surface area contributed by atoms with Crippen molar-refractivity contribution < 1.29 is 40.6 Å². The lowest BCUT2D eigenvalue weighted by atomic mass is 9.95. The first kappa shape index (κ1) is 23.4. The molecule has 1 N–H and O–H groups in total. The van der Waals surface area contributed by atoms with Crippen molar-refractivity contribution in [2.24, 2.45) is 0 Å². The fraction of sp³-hybridized carbons (Fsp3) is 0.167. The van der Waals surface area contributed by atoms with Crippen molar-refractivity contribution in [2.75, 3.05) is 0 Å². The van der Waals surface area contributed by atoms with Gasteiger partial charge in [0.1, 0.15) is 11.7 Å². The minimum absolute atomic E-state index is 0.143. The minimum atomic E-state index is -5.14. The summed E-state index contributed by atoms with van der Waals surface area (Å²) in [7, 11) is 0. The first-order valence-corrected chi connectivity index (χ1v) is 9.13. The number of benzene rings is 2. The number of hydrogen-bond donors (Lipinski definition) is 1. The molecule has 0 aliphatic rings. The number of allylic oxidation sites excluding steroid dienone is 1. The Morgan fingerprint density at radius 1 is 0.966 bits per heavy atom. The summed E-state index contributed by atoms with van der Waals surface area (Å²) in [6.07, 6.45) is -9.93. The van der Waals surface area contributed by atoms with Crippen LogP contribution in [0, 0.1) is 0 Å². The van der Waals surface area contributed by atoms with Gasteiger partial charge in [-0.15, -0.1) is 0 Å². The van der Waals surface area contributed by atoms with Crippen molar-refractivity contribution in [3.8, 4) is 0 Å². The van der Waals surface area contributed by atoms with Crippen LogP contribution in [0.15, 0.2) is 51.4 Å². The number of carboxylic acids is 1. The molecule has 11 heteroatoms. The highest BCUT2D eigenvalue weighted by Gasteiger charge is 2.40. The zero-order valence-electron chi connectivity index (χ0n) is 13.9. The summed E-state index contributed by atoms with van der Waals surface area (Å²) < 4.78 is 94.7. The predicted molar refractivity (Wildman–Crippen MR) is 98.1 cm³/mol. The van der Waals surface area contributed by atoms with Gasteiger partial charge in [0.15, 0.2) is 0 Å². The van der Waals surface area contributed by atoms with Gasteiger partial charge in [-0.3, -0.25) is 0 Å². The largest absolute Gasteiger partial charge is 0.478 e. The maximum Gasteiger partial charge on any atom is 0.417 e. The van der Waals surface area contributed by atoms with Crippen LogP contribution >= 0.6 is 31.9 Å². The maximum atomic E-state index is 14.5. The molecule has 0 aromatic heterocycles. The minimum Gasteiger partial charge on any atom is -0.478 e. The summed E-state index contributed by atoms with van der Waals surface area (Å²) in [5.41, 5.74) is -3.99. The Labute approximate surface area is 176 Å². The second kappa shape index (κ2) is 8.47. The lowest BCUT2D eigenvalue weighted by Gasteiger charge is -2.19. The number of halogens is 9. The molecule has 2 rings (SSSR count). The zero-order chi connectivity index (χ0) is 22.1. The Morgan fingerprint density at radius 3 is 1.97 bits per heavy atom. The monoisotopic (exact) mass is 548 g/mol. The molecule has 2 aromatic rings. The standard InChI is InChI=1S/C18H9Br2F7O2/c19-10-3-9(4-11(20)6-10)13(17(22,23)24)7-15(21)8-1-2-12(16(28)29)14(5-8)18(25,26)27/h1-7,13H,(H,28,29). The van der Waals surface area contributed by atoms with E-state index in [9.17, 15) is 35.5 Å². The Bertz CT molecular complexity index is 945. The van der Waals surface area contributed by atoms with Crippen LogP contribution in [0.5, 0.6) is 0 Å². The van der Waals surface area contributed by atoms with E-state index in [1.807, 2.05) is 0 Å². The molecule has 0 aliphatic heterocycles. The molecule has 0 radical (unpaired) electrons. The third-order valence-corrected chi connectivity index (χ3v) is 4.66. The lowest BCUT2D eigenvalue weighted by Crippen LogP contribution is -2.19. The summed E-state index contributed by atoms with van der Waals surface area (Å²) in [6.45, 7) is 0. The SMILES string of the molecule is O=C(O)c1ccc(C(F)=CC(c2cc(Br)cc(Br)c2)C(F)(F)F)cc1C(F)(F)F. The van der Waals surface area contributed by atoms with Crippen LogP contribution in [0.2, 0.25) is 0 Å². The van der Waals surface area contributed by atoms with E-state index < -0.39 is 46.8 Å². The topological polar surface area (TPSA) is 37.3 Å². The van der Waals surface area contributed by atoms with Crippen LogP contribution in [-0.4, -0.2) is 17.3 Å². The third kappa shape index (κ3) is 5.81. The molecule has 0 aliphatic carbocycles. The van der Waals surface area contributed by atoms with Crippen LogP contribution in [0.4, 0.5) is 30.7 Å². The van der Waals surface area contributed by atoms with Gasteiger partial charge < -0.3 is 5.11 Å². The van der Waals surface area contributed by atoms with Crippen molar-refractivity contribution in [3.05, 3.63) is 73.7 Å². The molecule has 2 nitrogen and oxygen atoms in total. The number of rotatable bonds is 4. The Hall–Kier alpha value is -1.88. The Morgan fingerprint density at radius 2 is 1.52 bits per heavy atom. The summed E-state index contributed by atoms with van der Waals surface area (Å²) >= 11 is 6.04. The van der Waals surface area contributed by atoms with Crippen LogP contribution in [0.3, 0.4) is 0 Å². The Balaban J connectivity index is 2.60. The fourth-order valence-electron chi connectivity index (χ4n) is 2.49. The van der Waals surface area contributed by atoms with E-state index in [2.05, 4.69) is 31.9 Å². The van der Waals surface area contributed by atoms with Crippen molar-refractivity contribution in [2.45, 2.75) is 18.3 Å². The second-order valence-electron chi connectivity index (χ2n) is 5.80. The van der Waals surface area contributed by atoms with Crippen LogP contribution in [0.25, 0.3) is 5.83 Å². The van der Waals surface area contributed by atoms with Gasteiger partial charge in [-0.25, -0.2) is 9.18 Å². The quantitative estimate of drug-likeness (QED) is 0.399. The first-order valence-electron chi connectivity index (χ1n) is 7.55. The summed E-state index contributed by atoms with van der Waals surface area (Å²) in [6, 6.07) is 4.99. The van der Waals surface area contributed by atoms with Gasteiger partial charge in [0.25, 0.3) is 0 Å². The van der Waals surface area contributed by atoms with Crippen LogP contribution in [-0.2, 0) is 6.18 Å². The van der Waals surface area contributed by atoms with Gasteiger partial charge in [0, 0.05) is 14.5 Å². The van der Waals surface area contributed by atoms with E-state index in [1.54, 1.807) is 0 Å². The van der Waals surface area contributed by atoms with Gasteiger partial charge in [-0.2, -0.15) is 26.3 Å². The molecule has 0 amide bonds. The van der Waals surface area contributed by atoms with E-state index in [4.69, 9.17) is 5.11 Å². The second-order valence-corrected chi connectivity index (χ2v) is 7.63. The molecule has 0 fully saturated rings. The fourth-order valence-corrected chi connectivity index (χ4v) is 3.82. The number of aromatic carboxylic acids is 1. The highest BCUT2D eigenvalue weighted by molar-refractivity contribution is 9.11. The van der Waals surface area contributed by atoms with E-state index in [0.717, 1.165) is 12.1 Å². The number of carboxylic acid groups (broad SMARTS) is 1. The average Bonchev–Trinajstić information content (AvgIpc) is 2.56. The first-order chi connectivity index (χ1) is 13.2. The number of alkyl halides is 6. The third-order valence-electron chi connectivity index (χ3n) is 3.74. The molecular formula is C18H9Br2F7O2. The van der Waals surface area contributed by atoms with Crippen LogP contribution < -0.4 is 0 Å². The van der Waals surface area contributed by atoms with Crippen molar-refractivity contribution in [1.29, 1.82) is 0 Å². The van der Waals surface area contributed by atoms with Gasteiger partial charge >= 0.3 is 18.3 Å². The van der Waals surface area contributed by atoms with Crippen molar-refractivity contribution in [3.63, 3.8) is 0 Å². The molecular weight excluding hydrogens is 541 g/mol. The van der Waals surface area contributed by atoms with E-state index >= 15 is 0 Å². The predicted octanol–water partition coefficient (Wildman–Crippen LogP) is 7.59. The molecule has 1 atom stereocenters. The van der Waals surface area contributed by atoms with E-state index in [1.165, 1.54) is 6.07 Å². The van der Waals surface area contributed by atoms with E-state index in [-0.39, 0.29) is 26.7 Å². The van der Waals surface area contributed by atoms with Crippen LogP contribution in [0.1, 0.15) is 33.0 Å². The smallest absolute Gasteiger partial charge is 0.417 e. The van der Waals surface area contributed by atoms with Gasteiger partial charge in [-0.05, 0) is 42.0 Å². The van der Waals surface area contributed by atoms with E-state index in [0.29, 0.717) is 12.1 Å². The molecule has 1 unspecified atom stereocenters. The molecule has 29 heavy (non-hydrogen) atoms. The number of hydrogen-bond acceptors (Lipinski definition) is 1. The van der Waals surface area contributed by atoms with Gasteiger partial charge in [0.2, 0.25) is 0 Å². The maximum absolute atomic E-state index is 14.5. The molecule has 0 bridgehead atoms. The highest BCUT2D eigenvalue weighted by Crippen LogP contribution is 2.41. The lowest BCUT2D eigenvalue weighted by molar-refractivity contribution is -0.140. The van der Waals surface area contributed by atoms with Crippen molar-refractivity contribution in [1.82, 2.24) is 0 Å². The van der Waals surface area contributed by atoms with Gasteiger partial charge in [-0.1, -0.05) is 37.9 Å².